The van der Waals surface area contributed by atoms with E-state index in [9.17, 15) is 14.7 Å². The van der Waals surface area contributed by atoms with Crippen molar-refractivity contribution in [1.29, 1.82) is 0 Å². The second-order valence-electron chi connectivity index (χ2n) is 8.70. The fourth-order valence-electron chi connectivity index (χ4n) is 4.75. The van der Waals surface area contributed by atoms with Crippen molar-refractivity contribution in [1.82, 2.24) is 15.5 Å². The lowest BCUT2D eigenvalue weighted by Crippen LogP contribution is -2.52. The molecule has 0 spiro atoms. The van der Waals surface area contributed by atoms with E-state index in [1.165, 1.54) is 12.8 Å². The Labute approximate surface area is 199 Å². The molecular weight excluding hydrogens is 440 g/mol. The predicted molar refractivity (Wildman–Crippen MR) is 130 cm³/mol. The number of amides is 1. The number of hydrogen-bond donors (Lipinski definition) is 3. The minimum absolute atomic E-state index is 0.202. The summed E-state index contributed by atoms with van der Waals surface area (Å²) in [6, 6.07) is 14.7. The van der Waals surface area contributed by atoms with Gasteiger partial charge in [-0.05, 0) is 49.7 Å². The van der Waals surface area contributed by atoms with Crippen LogP contribution < -0.4 is 15.5 Å². The Balaban J connectivity index is 1.39. The summed E-state index contributed by atoms with van der Waals surface area (Å²) in [5.41, 5.74) is 2.10. The number of carboxylic acids is 1. The average Bonchev–Trinajstić information content (AvgIpc) is 2.84. The lowest BCUT2D eigenvalue weighted by molar-refractivity contribution is -0.137. The first-order chi connectivity index (χ1) is 16.0. The fourth-order valence-corrected chi connectivity index (χ4v) is 5.01. The first-order valence-corrected chi connectivity index (χ1v) is 12.0. The third kappa shape index (κ3) is 6.05. The van der Waals surface area contributed by atoms with E-state index in [-0.39, 0.29) is 12.3 Å². The van der Waals surface area contributed by atoms with E-state index >= 15 is 0 Å². The topological polar surface area (TPSA) is 84.9 Å². The fraction of sp³-hybridized carbons (Fsp3) is 0.440. The monoisotopic (exact) mass is 470 g/mol. The molecule has 8 heteroatoms. The maximum atomic E-state index is 12.9. The van der Waals surface area contributed by atoms with Gasteiger partial charge >= 0.3 is 5.97 Å². The number of halogens is 1. The maximum Gasteiger partial charge on any atom is 0.305 e. The molecule has 0 saturated carbocycles. The molecule has 2 fully saturated rings. The summed E-state index contributed by atoms with van der Waals surface area (Å²) in [6.45, 7) is 6.11. The Morgan fingerprint density at radius 1 is 1.06 bits per heavy atom. The van der Waals surface area contributed by atoms with Crippen LogP contribution in [0.1, 0.15) is 41.2 Å². The summed E-state index contributed by atoms with van der Waals surface area (Å²) in [5.74, 6) is -1.35. The van der Waals surface area contributed by atoms with Crippen molar-refractivity contribution in [2.75, 3.05) is 44.2 Å². The van der Waals surface area contributed by atoms with Crippen molar-refractivity contribution in [2.24, 2.45) is 0 Å². The summed E-state index contributed by atoms with van der Waals surface area (Å²) in [6.07, 6.45) is 2.22. The van der Waals surface area contributed by atoms with Crippen LogP contribution in [-0.2, 0) is 4.79 Å². The largest absolute Gasteiger partial charge is 0.481 e. The quantitative estimate of drug-likeness (QED) is 0.576. The van der Waals surface area contributed by atoms with Crippen LogP contribution in [0.3, 0.4) is 0 Å². The number of rotatable bonds is 7. The SMILES string of the molecule is O=C(O)CC(NC(=O)c1ccc(N2CCN(C3CCNCC3)CC2)cc1Cl)c1ccccc1. The highest BCUT2D eigenvalue weighted by Gasteiger charge is 2.26. The molecule has 2 aromatic carbocycles. The van der Waals surface area contributed by atoms with Crippen LogP contribution in [0.15, 0.2) is 48.5 Å². The van der Waals surface area contributed by atoms with E-state index in [1.54, 1.807) is 6.07 Å². The van der Waals surface area contributed by atoms with Crippen LogP contribution in [0.2, 0.25) is 5.02 Å². The third-order valence-electron chi connectivity index (χ3n) is 6.59. The number of nitrogens with one attached hydrogen (secondary N) is 2. The maximum absolute atomic E-state index is 12.9. The summed E-state index contributed by atoms with van der Waals surface area (Å²) >= 11 is 6.51. The summed E-state index contributed by atoms with van der Waals surface area (Å²) < 4.78 is 0. The minimum Gasteiger partial charge on any atom is -0.481 e. The molecule has 4 rings (SSSR count). The number of benzene rings is 2. The second-order valence-corrected chi connectivity index (χ2v) is 9.11. The molecule has 2 aliphatic heterocycles. The number of nitrogens with zero attached hydrogens (tertiary/aromatic N) is 2. The molecule has 0 aliphatic carbocycles. The molecule has 0 bridgehead atoms. The molecule has 2 aromatic rings. The second kappa shape index (κ2) is 11.0. The molecule has 0 aromatic heterocycles. The highest BCUT2D eigenvalue weighted by atomic mass is 35.5. The lowest BCUT2D eigenvalue weighted by atomic mass is 10.0. The molecular formula is C25H31ClN4O3. The molecule has 3 N–H and O–H groups in total. The molecule has 176 valence electrons. The van der Waals surface area contributed by atoms with Gasteiger partial charge < -0.3 is 20.6 Å². The van der Waals surface area contributed by atoms with Gasteiger partial charge in [0, 0.05) is 37.9 Å². The van der Waals surface area contributed by atoms with Crippen molar-refractivity contribution in [3.8, 4) is 0 Å². The Bertz CT molecular complexity index is 957. The molecule has 1 atom stereocenters. The number of anilines is 1. The van der Waals surface area contributed by atoms with Gasteiger partial charge in [0.15, 0.2) is 0 Å². The highest BCUT2D eigenvalue weighted by Crippen LogP contribution is 2.27. The number of carbonyl (C=O) groups excluding carboxylic acids is 1. The molecule has 1 unspecified atom stereocenters. The number of carbonyl (C=O) groups is 2. The zero-order valence-electron chi connectivity index (χ0n) is 18.7. The summed E-state index contributed by atoms with van der Waals surface area (Å²) in [4.78, 5) is 29.1. The standard InChI is InChI=1S/C25H31ClN4O3/c26-22-16-20(30-14-12-29(13-15-30)19-8-10-27-11-9-19)6-7-21(22)25(33)28-23(17-24(31)32)18-4-2-1-3-5-18/h1-7,16,19,23,27H,8-15,17H2,(H,28,33)(H,31,32). The van der Waals surface area contributed by atoms with E-state index in [0.29, 0.717) is 16.6 Å². The number of carboxylic acid groups (broad SMARTS) is 1. The van der Waals surface area contributed by atoms with Crippen LogP contribution in [0.5, 0.6) is 0 Å². The van der Waals surface area contributed by atoms with E-state index < -0.39 is 12.0 Å². The first-order valence-electron chi connectivity index (χ1n) is 11.6. The first kappa shape index (κ1) is 23.5. The van der Waals surface area contributed by atoms with Gasteiger partial charge in [-0.15, -0.1) is 0 Å². The van der Waals surface area contributed by atoms with Crippen LogP contribution in [0.4, 0.5) is 5.69 Å². The Morgan fingerprint density at radius 3 is 2.39 bits per heavy atom. The van der Waals surface area contributed by atoms with Gasteiger partial charge in [-0.1, -0.05) is 41.9 Å². The van der Waals surface area contributed by atoms with E-state index in [0.717, 1.165) is 50.5 Å². The summed E-state index contributed by atoms with van der Waals surface area (Å²) in [7, 11) is 0. The molecule has 7 nitrogen and oxygen atoms in total. The predicted octanol–water partition coefficient (Wildman–Crippen LogP) is 3.16. The van der Waals surface area contributed by atoms with E-state index in [1.807, 2.05) is 42.5 Å². The van der Waals surface area contributed by atoms with Crippen LogP contribution in [-0.4, -0.2) is 67.2 Å². The molecule has 2 saturated heterocycles. The van der Waals surface area contributed by atoms with Gasteiger partial charge in [0.1, 0.15) is 0 Å². The van der Waals surface area contributed by atoms with E-state index in [4.69, 9.17) is 11.6 Å². The van der Waals surface area contributed by atoms with Gasteiger partial charge in [0.05, 0.1) is 23.0 Å². The Hall–Kier alpha value is -2.61. The number of piperidine rings is 1. The van der Waals surface area contributed by atoms with Crippen molar-refractivity contribution < 1.29 is 14.7 Å². The van der Waals surface area contributed by atoms with Crippen molar-refractivity contribution >= 4 is 29.2 Å². The van der Waals surface area contributed by atoms with Crippen LogP contribution >= 0.6 is 11.6 Å². The third-order valence-corrected chi connectivity index (χ3v) is 6.90. The molecule has 2 aliphatic rings. The van der Waals surface area contributed by atoms with Crippen molar-refractivity contribution in [2.45, 2.75) is 31.3 Å². The summed E-state index contributed by atoms with van der Waals surface area (Å²) in [5, 5.41) is 15.9. The zero-order valence-corrected chi connectivity index (χ0v) is 19.4. The van der Waals surface area contributed by atoms with Crippen LogP contribution in [0, 0.1) is 0 Å². The normalized spacial score (nSPS) is 18.6. The molecule has 0 radical (unpaired) electrons. The van der Waals surface area contributed by atoms with Crippen molar-refractivity contribution in [3.63, 3.8) is 0 Å². The van der Waals surface area contributed by atoms with Crippen LogP contribution in [0.25, 0.3) is 0 Å². The van der Waals surface area contributed by atoms with E-state index in [2.05, 4.69) is 20.4 Å². The van der Waals surface area contributed by atoms with Crippen molar-refractivity contribution in [3.05, 3.63) is 64.7 Å². The van der Waals surface area contributed by atoms with Gasteiger partial charge in [-0.3, -0.25) is 14.5 Å². The smallest absolute Gasteiger partial charge is 0.305 e. The Kier molecular flexibility index (Phi) is 7.85. The number of piperazine rings is 1. The minimum atomic E-state index is -0.978. The van der Waals surface area contributed by atoms with Gasteiger partial charge in [0.25, 0.3) is 5.91 Å². The zero-order chi connectivity index (χ0) is 23.2. The Morgan fingerprint density at radius 2 is 1.76 bits per heavy atom. The average molecular weight is 471 g/mol. The van der Waals surface area contributed by atoms with Gasteiger partial charge in [-0.2, -0.15) is 0 Å². The number of aliphatic carboxylic acids is 1. The highest BCUT2D eigenvalue weighted by molar-refractivity contribution is 6.34. The number of hydrogen-bond acceptors (Lipinski definition) is 5. The molecule has 1 amide bonds. The lowest BCUT2D eigenvalue weighted by Gasteiger charge is -2.41. The molecule has 2 heterocycles. The molecule has 33 heavy (non-hydrogen) atoms. The van der Waals surface area contributed by atoms with Gasteiger partial charge in [0.2, 0.25) is 0 Å². The van der Waals surface area contributed by atoms with Gasteiger partial charge in [-0.25, -0.2) is 0 Å².